The Labute approximate surface area is 142 Å². The summed E-state index contributed by atoms with van der Waals surface area (Å²) in [5.74, 6) is 0.187. The number of aromatic nitrogens is 2. The number of hydrogen-bond donors (Lipinski definition) is 1. The molecule has 1 N–H and O–H groups in total. The second-order valence-corrected chi connectivity index (χ2v) is 6.89. The molecule has 130 valence electrons. The van der Waals surface area contributed by atoms with E-state index >= 15 is 0 Å². The van der Waals surface area contributed by atoms with Gasteiger partial charge in [0.05, 0.1) is 17.5 Å². The first kappa shape index (κ1) is 17.1. The van der Waals surface area contributed by atoms with Crippen LogP contribution in [0.15, 0.2) is 24.3 Å². The van der Waals surface area contributed by atoms with Crippen molar-refractivity contribution in [3.63, 3.8) is 0 Å². The number of hydrogen-bond acceptors (Lipinski definition) is 3. The molecule has 0 radical (unpaired) electrons. The summed E-state index contributed by atoms with van der Waals surface area (Å²) in [7, 11) is 0. The molecule has 2 aromatic rings. The summed E-state index contributed by atoms with van der Waals surface area (Å²) in [4.78, 5) is 2.44. The minimum atomic E-state index is -0.235. The van der Waals surface area contributed by atoms with Gasteiger partial charge in [-0.1, -0.05) is 0 Å². The van der Waals surface area contributed by atoms with Crippen molar-refractivity contribution in [1.82, 2.24) is 14.7 Å². The number of aryl methyl sites for hydroxylation is 1. The first-order chi connectivity index (χ1) is 11.5. The van der Waals surface area contributed by atoms with Gasteiger partial charge in [-0.3, -0.25) is 4.90 Å². The highest BCUT2D eigenvalue weighted by atomic mass is 19.1. The summed E-state index contributed by atoms with van der Waals surface area (Å²) < 4.78 is 15.0. The van der Waals surface area contributed by atoms with E-state index in [2.05, 4.69) is 16.9 Å². The van der Waals surface area contributed by atoms with E-state index in [1.54, 1.807) is 12.1 Å². The topological polar surface area (TPSA) is 41.3 Å². The molecule has 1 aliphatic rings. The Morgan fingerprint density at radius 2 is 1.83 bits per heavy atom. The molecule has 1 fully saturated rings. The summed E-state index contributed by atoms with van der Waals surface area (Å²) >= 11 is 0. The Bertz CT molecular complexity index is 685. The minimum absolute atomic E-state index is 0.211. The molecule has 3 rings (SSSR count). The monoisotopic (exact) mass is 331 g/mol. The third-order valence-corrected chi connectivity index (χ3v) is 5.21. The molecule has 1 atom stereocenters. The highest BCUT2D eigenvalue weighted by Crippen LogP contribution is 2.24. The van der Waals surface area contributed by atoms with Crippen LogP contribution in [-0.4, -0.2) is 39.0 Å². The van der Waals surface area contributed by atoms with Gasteiger partial charge in [0, 0.05) is 17.8 Å². The van der Waals surface area contributed by atoms with Crippen LogP contribution in [-0.2, 0) is 6.54 Å². The first-order valence-corrected chi connectivity index (χ1v) is 8.67. The molecule has 1 aromatic carbocycles. The molecule has 1 aromatic heterocycles. The number of nitrogens with zero attached hydrogens (tertiary/aromatic N) is 3. The van der Waals surface area contributed by atoms with Gasteiger partial charge in [-0.15, -0.1) is 0 Å². The predicted octanol–water partition coefficient (Wildman–Crippen LogP) is 3.22. The second-order valence-electron chi connectivity index (χ2n) is 6.89. The van der Waals surface area contributed by atoms with Gasteiger partial charge in [0.15, 0.2) is 0 Å². The summed E-state index contributed by atoms with van der Waals surface area (Å²) in [5.41, 5.74) is 4.26. The van der Waals surface area contributed by atoms with Crippen LogP contribution in [0, 0.1) is 25.6 Å². The van der Waals surface area contributed by atoms with E-state index < -0.39 is 0 Å². The van der Waals surface area contributed by atoms with Crippen LogP contribution in [0.25, 0.3) is 5.69 Å². The number of aliphatic hydroxyl groups is 1. The van der Waals surface area contributed by atoms with Gasteiger partial charge in [-0.05, 0) is 76.9 Å². The van der Waals surface area contributed by atoms with Crippen LogP contribution in [0.1, 0.15) is 36.7 Å². The van der Waals surface area contributed by atoms with Crippen LogP contribution in [0.4, 0.5) is 4.39 Å². The van der Waals surface area contributed by atoms with E-state index in [1.165, 1.54) is 17.7 Å². The third-order valence-electron chi connectivity index (χ3n) is 5.21. The fourth-order valence-corrected chi connectivity index (χ4v) is 3.55. The minimum Gasteiger partial charge on any atom is -0.393 e. The lowest BCUT2D eigenvalue weighted by Gasteiger charge is -2.33. The highest BCUT2D eigenvalue weighted by Gasteiger charge is 2.24. The van der Waals surface area contributed by atoms with Crippen LogP contribution >= 0.6 is 0 Å². The zero-order valence-corrected chi connectivity index (χ0v) is 14.7. The SMILES string of the molecule is Cc1nn(-c2ccc(F)cc2)c(C)c1CN1CCC(C(C)O)CC1. The summed E-state index contributed by atoms with van der Waals surface area (Å²) in [6.45, 7) is 8.89. The van der Waals surface area contributed by atoms with Gasteiger partial charge in [0.2, 0.25) is 0 Å². The molecule has 0 spiro atoms. The smallest absolute Gasteiger partial charge is 0.123 e. The molecule has 1 aliphatic heterocycles. The number of halogens is 1. The van der Waals surface area contributed by atoms with E-state index in [4.69, 9.17) is 0 Å². The number of aliphatic hydroxyl groups excluding tert-OH is 1. The Balaban J connectivity index is 1.74. The van der Waals surface area contributed by atoms with E-state index in [1.807, 2.05) is 18.5 Å². The molecule has 0 saturated carbocycles. The molecule has 0 amide bonds. The van der Waals surface area contributed by atoms with Gasteiger partial charge in [0.1, 0.15) is 5.82 Å². The van der Waals surface area contributed by atoms with Crippen LogP contribution < -0.4 is 0 Å². The zero-order valence-electron chi connectivity index (χ0n) is 14.7. The molecule has 2 heterocycles. The second kappa shape index (κ2) is 7.03. The summed E-state index contributed by atoms with van der Waals surface area (Å²) in [6.07, 6.45) is 1.88. The predicted molar refractivity (Wildman–Crippen MR) is 92.7 cm³/mol. The van der Waals surface area contributed by atoms with Gasteiger partial charge in [-0.2, -0.15) is 5.10 Å². The zero-order chi connectivity index (χ0) is 17.3. The average molecular weight is 331 g/mol. The molecule has 0 bridgehead atoms. The maximum Gasteiger partial charge on any atom is 0.123 e. The van der Waals surface area contributed by atoms with E-state index in [0.717, 1.165) is 49.6 Å². The van der Waals surface area contributed by atoms with Crippen molar-refractivity contribution in [2.24, 2.45) is 5.92 Å². The molecular weight excluding hydrogens is 305 g/mol. The standard InChI is InChI=1S/C19H26FN3O/c1-13-19(12-22-10-8-16(9-11-22)15(3)24)14(2)23(21-13)18-6-4-17(20)5-7-18/h4-7,15-16,24H,8-12H2,1-3H3. The van der Waals surface area contributed by atoms with Crippen molar-refractivity contribution in [1.29, 1.82) is 0 Å². The van der Waals surface area contributed by atoms with Crippen LogP contribution in [0.3, 0.4) is 0 Å². The van der Waals surface area contributed by atoms with E-state index in [0.29, 0.717) is 5.92 Å². The molecule has 24 heavy (non-hydrogen) atoms. The van der Waals surface area contributed by atoms with Gasteiger partial charge in [-0.25, -0.2) is 9.07 Å². The Hall–Kier alpha value is -1.72. The number of benzene rings is 1. The Morgan fingerprint density at radius 3 is 2.42 bits per heavy atom. The average Bonchev–Trinajstić information content (AvgIpc) is 2.84. The molecule has 1 saturated heterocycles. The largest absolute Gasteiger partial charge is 0.393 e. The van der Waals surface area contributed by atoms with Crippen molar-refractivity contribution in [3.8, 4) is 5.69 Å². The van der Waals surface area contributed by atoms with Crippen molar-refractivity contribution in [2.45, 2.75) is 46.3 Å². The summed E-state index contributed by atoms with van der Waals surface area (Å²) in [6, 6.07) is 6.44. The number of piperidine rings is 1. The van der Waals surface area contributed by atoms with Gasteiger partial charge >= 0.3 is 0 Å². The molecule has 0 aliphatic carbocycles. The quantitative estimate of drug-likeness (QED) is 0.935. The number of rotatable bonds is 4. The van der Waals surface area contributed by atoms with Crippen LogP contribution in [0.5, 0.6) is 0 Å². The lowest BCUT2D eigenvalue weighted by atomic mass is 9.92. The summed E-state index contributed by atoms with van der Waals surface area (Å²) in [5, 5.41) is 14.4. The number of likely N-dealkylation sites (tertiary alicyclic amines) is 1. The van der Waals surface area contributed by atoms with Crippen molar-refractivity contribution in [3.05, 3.63) is 47.0 Å². The molecule has 1 unspecified atom stereocenters. The van der Waals surface area contributed by atoms with Crippen molar-refractivity contribution in [2.75, 3.05) is 13.1 Å². The molecular formula is C19H26FN3O. The highest BCUT2D eigenvalue weighted by molar-refractivity contribution is 5.37. The fourth-order valence-electron chi connectivity index (χ4n) is 3.55. The first-order valence-electron chi connectivity index (χ1n) is 8.67. The van der Waals surface area contributed by atoms with E-state index in [-0.39, 0.29) is 11.9 Å². The maximum absolute atomic E-state index is 13.1. The molecule has 4 nitrogen and oxygen atoms in total. The van der Waals surface area contributed by atoms with Crippen LogP contribution in [0.2, 0.25) is 0 Å². The van der Waals surface area contributed by atoms with Gasteiger partial charge < -0.3 is 5.11 Å². The lowest BCUT2D eigenvalue weighted by molar-refractivity contribution is 0.0694. The fraction of sp³-hybridized carbons (Fsp3) is 0.526. The van der Waals surface area contributed by atoms with Gasteiger partial charge in [0.25, 0.3) is 0 Å². The van der Waals surface area contributed by atoms with Crippen molar-refractivity contribution >= 4 is 0 Å². The Kier molecular flexibility index (Phi) is 5.01. The third kappa shape index (κ3) is 3.52. The maximum atomic E-state index is 13.1. The van der Waals surface area contributed by atoms with E-state index in [9.17, 15) is 9.50 Å². The molecule has 5 heteroatoms. The normalized spacial score (nSPS) is 18.0. The lowest BCUT2D eigenvalue weighted by Crippen LogP contribution is -2.36. The van der Waals surface area contributed by atoms with Crippen molar-refractivity contribution < 1.29 is 9.50 Å². The Morgan fingerprint density at radius 1 is 1.21 bits per heavy atom.